The molecule has 0 radical (unpaired) electrons. The Balaban J connectivity index is 1.72. The zero-order chi connectivity index (χ0) is 28.0. The Morgan fingerprint density at radius 3 is 2.38 bits per heavy atom. The molecule has 3 atom stereocenters. The SMILES string of the molecule is CC(=O)COC1CCC(NC(=O)N[C@@](Cc2ccccc2)(c2cc(F)cc(C(F)(F)F)c2)c2ccccn2)C1. The molecule has 0 bridgehead atoms. The first-order chi connectivity index (χ1) is 18.5. The Labute approximate surface area is 223 Å². The molecule has 2 N–H and O–H groups in total. The van der Waals surface area contributed by atoms with Gasteiger partial charge in [0.25, 0.3) is 0 Å². The van der Waals surface area contributed by atoms with Gasteiger partial charge in [0.2, 0.25) is 0 Å². The van der Waals surface area contributed by atoms with Crippen LogP contribution >= 0.6 is 0 Å². The summed E-state index contributed by atoms with van der Waals surface area (Å²) in [6.45, 7) is 1.42. The fraction of sp³-hybridized carbons (Fsp3) is 0.345. The first-order valence-corrected chi connectivity index (χ1v) is 12.6. The lowest BCUT2D eigenvalue weighted by Crippen LogP contribution is -2.54. The minimum absolute atomic E-state index is 0.00797. The van der Waals surface area contributed by atoms with Gasteiger partial charge in [-0.15, -0.1) is 0 Å². The summed E-state index contributed by atoms with van der Waals surface area (Å²) in [5.74, 6) is -1.19. The zero-order valence-electron chi connectivity index (χ0n) is 21.3. The average molecular weight is 544 g/mol. The molecule has 1 aliphatic carbocycles. The van der Waals surface area contributed by atoms with Crippen LogP contribution in [0.5, 0.6) is 0 Å². The van der Waals surface area contributed by atoms with Crippen molar-refractivity contribution >= 4 is 11.8 Å². The molecule has 1 aliphatic rings. The van der Waals surface area contributed by atoms with Crippen molar-refractivity contribution in [1.82, 2.24) is 15.6 Å². The highest BCUT2D eigenvalue weighted by Gasteiger charge is 2.41. The highest BCUT2D eigenvalue weighted by molar-refractivity contribution is 5.77. The topological polar surface area (TPSA) is 80.3 Å². The molecule has 4 rings (SSSR count). The monoisotopic (exact) mass is 543 g/mol. The van der Waals surface area contributed by atoms with Gasteiger partial charge in [0.05, 0.1) is 17.4 Å². The highest BCUT2D eigenvalue weighted by Crippen LogP contribution is 2.37. The lowest BCUT2D eigenvalue weighted by Gasteiger charge is -2.36. The smallest absolute Gasteiger partial charge is 0.370 e. The van der Waals surface area contributed by atoms with Crippen molar-refractivity contribution < 1.29 is 31.9 Å². The summed E-state index contributed by atoms with van der Waals surface area (Å²) < 4.78 is 61.5. The second-order valence-electron chi connectivity index (χ2n) is 9.75. The first kappa shape index (κ1) is 28.2. The number of aromatic nitrogens is 1. The van der Waals surface area contributed by atoms with E-state index < -0.39 is 29.1 Å². The Morgan fingerprint density at radius 1 is 1.00 bits per heavy atom. The number of ketones is 1. The van der Waals surface area contributed by atoms with E-state index in [-0.39, 0.29) is 42.2 Å². The van der Waals surface area contributed by atoms with E-state index in [0.717, 1.165) is 12.1 Å². The van der Waals surface area contributed by atoms with Crippen molar-refractivity contribution in [2.45, 2.75) is 56.5 Å². The number of halogens is 4. The maximum absolute atomic E-state index is 14.7. The Kier molecular flexibility index (Phi) is 8.64. The van der Waals surface area contributed by atoms with Gasteiger partial charge in [0.15, 0.2) is 5.78 Å². The zero-order valence-corrected chi connectivity index (χ0v) is 21.3. The van der Waals surface area contributed by atoms with Gasteiger partial charge in [0.1, 0.15) is 18.0 Å². The number of nitrogens with zero attached hydrogens (tertiary/aromatic N) is 1. The van der Waals surface area contributed by atoms with Crippen LogP contribution in [0.25, 0.3) is 0 Å². The fourth-order valence-electron chi connectivity index (χ4n) is 4.91. The van der Waals surface area contributed by atoms with Gasteiger partial charge in [0, 0.05) is 18.7 Å². The van der Waals surface area contributed by atoms with Crippen LogP contribution in [0.3, 0.4) is 0 Å². The molecular formula is C29H29F4N3O3. The van der Waals surface area contributed by atoms with Gasteiger partial charge >= 0.3 is 12.2 Å². The number of carbonyl (C=O) groups excluding carboxylic acids is 2. The standard InChI is InChI=1S/C29H29F4N3O3/c1-19(37)18-39-25-11-10-24(16-25)35-27(38)36-28(26-9-5-6-12-34-26,17-20-7-3-2-4-8-20)21-13-22(29(31,32)33)15-23(30)14-21/h2-9,12-15,24-25H,10-11,16-18H2,1H3,(H2,35,36,38)/t24?,25?,28-/m0/s1. The van der Waals surface area contributed by atoms with E-state index in [1.54, 1.807) is 48.5 Å². The van der Waals surface area contributed by atoms with Gasteiger partial charge in [-0.25, -0.2) is 9.18 Å². The number of Topliss-reactive ketones (excluding diaryl/α,β-unsaturated/α-hetero) is 1. The molecule has 1 heterocycles. The lowest BCUT2D eigenvalue weighted by atomic mass is 9.79. The molecule has 0 spiro atoms. The van der Waals surface area contributed by atoms with Crippen LogP contribution in [0.2, 0.25) is 0 Å². The van der Waals surface area contributed by atoms with Crippen LogP contribution in [0.1, 0.15) is 48.6 Å². The van der Waals surface area contributed by atoms with E-state index in [2.05, 4.69) is 15.6 Å². The molecule has 206 valence electrons. The summed E-state index contributed by atoms with van der Waals surface area (Å²) in [6, 6.07) is 15.1. The lowest BCUT2D eigenvalue weighted by molar-refractivity contribution is -0.137. The Hall–Kier alpha value is -3.79. The molecule has 10 heteroatoms. The van der Waals surface area contributed by atoms with Crippen molar-refractivity contribution in [3.8, 4) is 0 Å². The van der Waals surface area contributed by atoms with Gasteiger partial charge in [-0.05, 0) is 67.6 Å². The highest BCUT2D eigenvalue weighted by atomic mass is 19.4. The number of hydrogen-bond acceptors (Lipinski definition) is 4. The van der Waals surface area contributed by atoms with Gasteiger partial charge in [-0.1, -0.05) is 36.4 Å². The third kappa shape index (κ3) is 7.20. The number of ether oxygens (including phenoxy) is 1. The number of carbonyl (C=O) groups is 2. The third-order valence-electron chi connectivity index (χ3n) is 6.70. The van der Waals surface area contributed by atoms with Crippen LogP contribution in [-0.4, -0.2) is 35.6 Å². The second-order valence-corrected chi connectivity index (χ2v) is 9.75. The third-order valence-corrected chi connectivity index (χ3v) is 6.70. The minimum Gasteiger partial charge on any atom is -0.370 e. The molecule has 1 aromatic heterocycles. The summed E-state index contributed by atoms with van der Waals surface area (Å²) in [5, 5.41) is 5.75. The summed E-state index contributed by atoms with van der Waals surface area (Å²) in [6.07, 6.45) is -1.80. The maximum atomic E-state index is 14.7. The van der Waals surface area contributed by atoms with Gasteiger partial charge in [-0.3, -0.25) is 9.78 Å². The van der Waals surface area contributed by atoms with Gasteiger partial charge < -0.3 is 15.4 Å². The predicted octanol–water partition coefficient (Wildman–Crippen LogP) is 5.55. The van der Waals surface area contributed by atoms with Crippen molar-refractivity contribution in [3.05, 3.63) is 101 Å². The maximum Gasteiger partial charge on any atom is 0.416 e. The molecule has 1 saturated carbocycles. The molecular weight excluding hydrogens is 514 g/mol. The molecule has 2 unspecified atom stereocenters. The molecule has 2 aromatic carbocycles. The Bertz CT molecular complexity index is 1290. The van der Waals surface area contributed by atoms with Gasteiger partial charge in [-0.2, -0.15) is 13.2 Å². The number of amides is 2. The molecule has 6 nitrogen and oxygen atoms in total. The van der Waals surface area contributed by atoms with Crippen LogP contribution in [0, 0.1) is 5.82 Å². The molecule has 39 heavy (non-hydrogen) atoms. The van der Waals surface area contributed by atoms with E-state index >= 15 is 0 Å². The van der Waals surface area contributed by atoms with Crippen molar-refractivity contribution in [1.29, 1.82) is 0 Å². The summed E-state index contributed by atoms with van der Waals surface area (Å²) in [7, 11) is 0. The Morgan fingerprint density at radius 2 is 1.72 bits per heavy atom. The number of urea groups is 1. The predicted molar refractivity (Wildman–Crippen MR) is 136 cm³/mol. The van der Waals surface area contributed by atoms with E-state index in [4.69, 9.17) is 4.74 Å². The number of pyridine rings is 1. The first-order valence-electron chi connectivity index (χ1n) is 12.6. The molecule has 2 amide bonds. The van der Waals surface area contributed by atoms with Crippen molar-refractivity contribution in [2.75, 3.05) is 6.61 Å². The second kappa shape index (κ2) is 11.9. The number of alkyl halides is 3. The normalized spacial score (nSPS) is 18.8. The number of benzene rings is 2. The average Bonchev–Trinajstić information content (AvgIpc) is 3.34. The molecule has 0 aliphatic heterocycles. The van der Waals surface area contributed by atoms with E-state index in [1.165, 1.54) is 13.1 Å². The number of rotatable bonds is 9. The van der Waals surface area contributed by atoms with Crippen molar-refractivity contribution in [2.24, 2.45) is 0 Å². The molecule has 3 aromatic rings. The van der Waals surface area contributed by atoms with Crippen molar-refractivity contribution in [3.63, 3.8) is 0 Å². The van der Waals surface area contributed by atoms with E-state index in [0.29, 0.717) is 30.9 Å². The molecule has 1 fully saturated rings. The van der Waals surface area contributed by atoms with Crippen LogP contribution < -0.4 is 10.6 Å². The van der Waals surface area contributed by atoms with E-state index in [1.807, 2.05) is 0 Å². The number of nitrogens with one attached hydrogen (secondary N) is 2. The number of hydrogen-bond donors (Lipinski definition) is 2. The summed E-state index contributed by atoms with van der Waals surface area (Å²) in [5.41, 5.74) is -1.97. The summed E-state index contributed by atoms with van der Waals surface area (Å²) in [4.78, 5) is 29.1. The minimum atomic E-state index is -4.81. The van der Waals surface area contributed by atoms with Crippen LogP contribution in [0.15, 0.2) is 72.9 Å². The molecule has 0 saturated heterocycles. The van der Waals surface area contributed by atoms with Crippen LogP contribution in [-0.2, 0) is 27.7 Å². The van der Waals surface area contributed by atoms with Crippen LogP contribution in [0.4, 0.5) is 22.4 Å². The summed E-state index contributed by atoms with van der Waals surface area (Å²) >= 11 is 0. The largest absolute Gasteiger partial charge is 0.416 e. The van der Waals surface area contributed by atoms with E-state index in [9.17, 15) is 27.2 Å². The fourth-order valence-corrected chi connectivity index (χ4v) is 4.91. The quantitative estimate of drug-likeness (QED) is 0.347.